The Hall–Kier alpha value is -0.570. The Morgan fingerprint density at radius 3 is 2.23 bits per heavy atom. The van der Waals surface area contributed by atoms with Gasteiger partial charge in [0.15, 0.2) is 0 Å². The second-order valence-corrected chi connectivity index (χ2v) is 6.43. The number of unbranched alkanes of at least 4 members (excludes halogenated alkanes) is 7. The van der Waals surface area contributed by atoms with E-state index in [4.69, 9.17) is 9.84 Å². The minimum Gasteiger partial charge on any atom is -0.465 e. The first-order valence-corrected chi connectivity index (χ1v) is 9.51. The predicted octanol–water partition coefficient (Wildman–Crippen LogP) is 5.25. The SMILES string of the molecule is CCCCCCC(CCC)COC(=O)CCCCCCCO. The Morgan fingerprint density at radius 2 is 1.55 bits per heavy atom. The van der Waals surface area contributed by atoms with Crippen LogP contribution in [0.1, 0.15) is 97.3 Å². The highest BCUT2D eigenvalue weighted by atomic mass is 16.5. The van der Waals surface area contributed by atoms with E-state index in [-0.39, 0.29) is 12.6 Å². The molecular formula is C19H38O3. The molecule has 132 valence electrons. The van der Waals surface area contributed by atoms with Crippen molar-refractivity contribution in [3.05, 3.63) is 0 Å². The number of aliphatic hydroxyl groups is 1. The normalized spacial score (nSPS) is 12.3. The van der Waals surface area contributed by atoms with E-state index in [2.05, 4.69) is 13.8 Å². The molecule has 1 unspecified atom stereocenters. The molecule has 0 aliphatic carbocycles. The van der Waals surface area contributed by atoms with Gasteiger partial charge in [0.25, 0.3) is 0 Å². The summed E-state index contributed by atoms with van der Waals surface area (Å²) in [5.74, 6) is 0.521. The molecule has 0 saturated heterocycles. The molecule has 3 heteroatoms. The lowest BCUT2D eigenvalue weighted by Gasteiger charge is -2.16. The molecule has 0 aromatic heterocycles. The van der Waals surface area contributed by atoms with Crippen LogP contribution in [0.15, 0.2) is 0 Å². The van der Waals surface area contributed by atoms with Gasteiger partial charge in [-0.15, -0.1) is 0 Å². The first-order chi connectivity index (χ1) is 10.7. The summed E-state index contributed by atoms with van der Waals surface area (Å²) < 4.78 is 5.46. The first kappa shape index (κ1) is 21.4. The molecule has 0 bridgehead atoms. The third-order valence-corrected chi connectivity index (χ3v) is 4.18. The van der Waals surface area contributed by atoms with E-state index in [9.17, 15) is 4.79 Å². The minimum absolute atomic E-state index is 0.0307. The smallest absolute Gasteiger partial charge is 0.305 e. The van der Waals surface area contributed by atoms with Gasteiger partial charge in [0.2, 0.25) is 0 Å². The number of carbonyl (C=O) groups is 1. The number of ether oxygens (including phenoxy) is 1. The van der Waals surface area contributed by atoms with Gasteiger partial charge in [0.05, 0.1) is 6.61 Å². The molecule has 1 N–H and O–H groups in total. The average molecular weight is 315 g/mol. The number of carbonyl (C=O) groups excluding carboxylic acids is 1. The van der Waals surface area contributed by atoms with Crippen LogP contribution < -0.4 is 0 Å². The van der Waals surface area contributed by atoms with Gasteiger partial charge < -0.3 is 9.84 Å². The van der Waals surface area contributed by atoms with Gasteiger partial charge in [-0.1, -0.05) is 65.2 Å². The number of hydrogen-bond acceptors (Lipinski definition) is 3. The standard InChI is InChI=1S/C19H38O3/c1-3-5-6-10-14-18(13-4-2)17-22-19(21)15-11-8-7-9-12-16-20/h18,20H,3-17H2,1-2H3. The van der Waals surface area contributed by atoms with Crippen LogP contribution in [0, 0.1) is 5.92 Å². The zero-order valence-electron chi connectivity index (χ0n) is 14.9. The molecule has 22 heavy (non-hydrogen) atoms. The fourth-order valence-corrected chi connectivity index (χ4v) is 2.77. The molecule has 0 aromatic rings. The van der Waals surface area contributed by atoms with Crippen LogP contribution in [0.2, 0.25) is 0 Å². The van der Waals surface area contributed by atoms with E-state index in [1.54, 1.807) is 0 Å². The van der Waals surface area contributed by atoms with Gasteiger partial charge in [-0.05, 0) is 31.6 Å². The molecular weight excluding hydrogens is 276 g/mol. The molecule has 1 atom stereocenters. The number of rotatable bonds is 16. The molecule has 0 aliphatic heterocycles. The van der Waals surface area contributed by atoms with Gasteiger partial charge in [-0.3, -0.25) is 4.79 Å². The van der Waals surface area contributed by atoms with Gasteiger partial charge in [-0.2, -0.15) is 0 Å². The van der Waals surface area contributed by atoms with Crippen molar-refractivity contribution in [1.82, 2.24) is 0 Å². The lowest BCUT2D eigenvalue weighted by molar-refractivity contribution is -0.145. The van der Waals surface area contributed by atoms with Crippen LogP contribution in [0.3, 0.4) is 0 Å². The van der Waals surface area contributed by atoms with E-state index < -0.39 is 0 Å². The van der Waals surface area contributed by atoms with E-state index >= 15 is 0 Å². The van der Waals surface area contributed by atoms with Crippen LogP contribution in [-0.2, 0) is 9.53 Å². The van der Waals surface area contributed by atoms with Crippen LogP contribution in [0.25, 0.3) is 0 Å². The molecule has 3 nitrogen and oxygen atoms in total. The lowest BCUT2D eigenvalue weighted by atomic mass is 9.97. The predicted molar refractivity (Wildman–Crippen MR) is 92.9 cm³/mol. The minimum atomic E-state index is -0.0307. The monoisotopic (exact) mass is 314 g/mol. The van der Waals surface area contributed by atoms with Gasteiger partial charge in [-0.25, -0.2) is 0 Å². The summed E-state index contributed by atoms with van der Waals surface area (Å²) in [6, 6.07) is 0. The van der Waals surface area contributed by atoms with Crippen LogP contribution in [-0.4, -0.2) is 24.3 Å². The van der Waals surface area contributed by atoms with Crippen molar-refractivity contribution < 1.29 is 14.6 Å². The van der Waals surface area contributed by atoms with Crippen molar-refractivity contribution in [2.24, 2.45) is 5.92 Å². The second kappa shape index (κ2) is 16.8. The molecule has 0 amide bonds. The topological polar surface area (TPSA) is 46.5 Å². The summed E-state index contributed by atoms with van der Waals surface area (Å²) in [6.07, 6.45) is 14.2. The fourth-order valence-electron chi connectivity index (χ4n) is 2.77. The maximum Gasteiger partial charge on any atom is 0.305 e. The maximum atomic E-state index is 11.8. The molecule has 0 aliphatic rings. The van der Waals surface area contributed by atoms with Crippen molar-refractivity contribution in [2.75, 3.05) is 13.2 Å². The van der Waals surface area contributed by atoms with E-state index in [1.807, 2.05) is 0 Å². The summed E-state index contributed by atoms with van der Waals surface area (Å²) >= 11 is 0. The fraction of sp³-hybridized carbons (Fsp3) is 0.947. The highest BCUT2D eigenvalue weighted by Gasteiger charge is 2.11. The second-order valence-electron chi connectivity index (χ2n) is 6.43. The zero-order chi connectivity index (χ0) is 16.5. The summed E-state index contributed by atoms with van der Waals surface area (Å²) in [4.78, 5) is 11.8. The van der Waals surface area contributed by atoms with Crippen molar-refractivity contribution in [1.29, 1.82) is 0 Å². The number of hydrogen-bond donors (Lipinski definition) is 1. The Balaban J connectivity index is 3.63. The third-order valence-electron chi connectivity index (χ3n) is 4.18. The molecule has 0 fully saturated rings. The van der Waals surface area contributed by atoms with Crippen molar-refractivity contribution in [2.45, 2.75) is 97.3 Å². The van der Waals surface area contributed by atoms with E-state index in [0.717, 1.165) is 32.1 Å². The van der Waals surface area contributed by atoms with Gasteiger partial charge in [0, 0.05) is 13.0 Å². The van der Waals surface area contributed by atoms with Gasteiger partial charge >= 0.3 is 5.97 Å². The van der Waals surface area contributed by atoms with Crippen molar-refractivity contribution in [3.8, 4) is 0 Å². The molecule has 0 saturated carbocycles. The quantitative estimate of drug-likeness (QED) is 0.313. The number of aliphatic hydroxyl groups excluding tert-OH is 1. The highest BCUT2D eigenvalue weighted by Crippen LogP contribution is 2.17. The Morgan fingerprint density at radius 1 is 0.864 bits per heavy atom. The first-order valence-electron chi connectivity index (χ1n) is 9.51. The zero-order valence-corrected chi connectivity index (χ0v) is 14.9. The molecule has 0 aromatic carbocycles. The summed E-state index contributed by atoms with van der Waals surface area (Å²) in [7, 11) is 0. The Bertz CT molecular complexity index is 241. The summed E-state index contributed by atoms with van der Waals surface area (Å²) in [5.41, 5.74) is 0. The van der Waals surface area contributed by atoms with Crippen molar-refractivity contribution in [3.63, 3.8) is 0 Å². The molecule has 0 radical (unpaired) electrons. The van der Waals surface area contributed by atoms with Crippen LogP contribution in [0.4, 0.5) is 0 Å². The van der Waals surface area contributed by atoms with E-state index in [0.29, 0.717) is 18.9 Å². The largest absolute Gasteiger partial charge is 0.465 e. The van der Waals surface area contributed by atoms with E-state index in [1.165, 1.54) is 44.9 Å². The van der Waals surface area contributed by atoms with Crippen LogP contribution >= 0.6 is 0 Å². The molecule has 0 heterocycles. The maximum absolute atomic E-state index is 11.8. The van der Waals surface area contributed by atoms with Crippen LogP contribution in [0.5, 0.6) is 0 Å². The Labute approximate surface area is 137 Å². The van der Waals surface area contributed by atoms with Gasteiger partial charge in [0.1, 0.15) is 0 Å². The summed E-state index contributed by atoms with van der Waals surface area (Å²) in [6.45, 7) is 5.32. The average Bonchev–Trinajstić information content (AvgIpc) is 2.52. The van der Waals surface area contributed by atoms with Crippen molar-refractivity contribution >= 4 is 5.97 Å². The lowest BCUT2D eigenvalue weighted by Crippen LogP contribution is -2.14. The number of esters is 1. The summed E-state index contributed by atoms with van der Waals surface area (Å²) in [5, 5.41) is 8.69. The highest BCUT2D eigenvalue weighted by molar-refractivity contribution is 5.69. The third kappa shape index (κ3) is 14.4. The molecule has 0 spiro atoms. The molecule has 0 rings (SSSR count). The Kier molecular flexibility index (Phi) is 16.4.